The number of thioether (sulfide) groups is 2. The van der Waals surface area contributed by atoms with E-state index in [4.69, 9.17) is 14.2 Å². The Hall–Kier alpha value is -4.11. The van der Waals surface area contributed by atoms with Crippen LogP contribution in [0, 0.1) is 17.8 Å². The molecule has 0 fully saturated rings. The van der Waals surface area contributed by atoms with Crippen molar-refractivity contribution in [3.8, 4) is 5.75 Å². The van der Waals surface area contributed by atoms with Crippen LogP contribution in [-0.2, 0) is 49.5 Å². The van der Waals surface area contributed by atoms with Gasteiger partial charge in [-0.2, -0.15) is 0 Å². The average Bonchev–Trinajstić information content (AvgIpc) is 3.24. The summed E-state index contributed by atoms with van der Waals surface area (Å²) in [5.74, 6) is -3.72. The lowest BCUT2D eigenvalue weighted by Gasteiger charge is -2.28. The molecule has 0 radical (unpaired) electrons. The minimum absolute atomic E-state index is 0.0258. The first-order chi connectivity index (χ1) is 29.6. The Balaban J connectivity index is 1.90. The molecule has 1 aromatic rings. The molecule has 2 bridgehead atoms. The van der Waals surface area contributed by atoms with Crippen LogP contribution in [0.25, 0.3) is 0 Å². The van der Waals surface area contributed by atoms with Gasteiger partial charge in [0.05, 0.1) is 30.6 Å². The highest BCUT2D eigenvalue weighted by Gasteiger charge is 2.36. The molecular formula is C42H69N7O11S2. The van der Waals surface area contributed by atoms with Crippen molar-refractivity contribution in [2.75, 3.05) is 57.5 Å². The van der Waals surface area contributed by atoms with Gasteiger partial charge in [0.1, 0.15) is 22.7 Å². The fourth-order valence-corrected chi connectivity index (χ4v) is 7.95. The van der Waals surface area contributed by atoms with Gasteiger partial charge in [-0.15, -0.1) is 23.5 Å². The minimum atomic E-state index is -1.08. The van der Waals surface area contributed by atoms with E-state index in [0.29, 0.717) is 44.8 Å². The molecule has 8 N–H and O–H groups in total. The Kier molecular flexibility index (Phi) is 26.9. The Morgan fingerprint density at radius 3 is 2.08 bits per heavy atom. The summed E-state index contributed by atoms with van der Waals surface area (Å²) in [4.78, 5) is 90.6. The number of benzene rings is 1. The van der Waals surface area contributed by atoms with Crippen molar-refractivity contribution in [2.24, 2.45) is 17.8 Å². The van der Waals surface area contributed by atoms with Gasteiger partial charge in [0.2, 0.25) is 41.4 Å². The van der Waals surface area contributed by atoms with Crippen LogP contribution in [0.3, 0.4) is 0 Å². The maximum Gasteiger partial charge on any atom is 0.247 e. The van der Waals surface area contributed by atoms with Crippen molar-refractivity contribution < 1.29 is 53.0 Å². The number of carbonyl (C=O) groups excluding carboxylic acids is 7. The average molecular weight is 912 g/mol. The van der Waals surface area contributed by atoms with Gasteiger partial charge in [-0.05, 0) is 83.4 Å². The highest BCUT2D eigenvalue weighted by Crippen LogP contribution is 2.27. The molecule has 6 atom stereocenters. The van der Waals surface area contributed by atoms with Crippen LogP contribution in [0.5, 0.6) is 5.75 Å². The fourth-order valence-electron chi connectivity index (χ4n) is 6.52. The molecule has 2 aliphatic rings. The quantitative estimate of drug-likeness (QED) is 0.0287. The van der Waals surface area contributed by atoms with Crippen LogP contribution in [0.15, 0.2) is 24.3 Å². The fraction of sp³-hybridized carbons (Fsp3) is 0.690. The monoisotopic (exact) mass is 911 g/mol. The van der Waals surface area contributed by atoms with Crippen molar-refractivity contribution in [3.63, 3.8) is 0 Å². The maximum absolute atomic E-state index is 13.8. The number of fused-ring (bicyclic) bond motifs is 11. The Bertz CT molecular complexity index is 1560. The van der Waals surface area contributed by atoms with Gasteiger partial charge in [0.25, 0.3) is 0 Å². The molecule has 20 heteroatoms. The van der Waals surface area contributed by atoms with Crippen molar-refractivity contribution in [2.45, 2.75) is 109 Å². The number of ether oxygens (including phenoxy) is 3. The van der Waals surface area contributed by atoms with E-state index in [1.165, 1.54) is 23.5 Å². The van der Waals surface area contributed by atoms with Crippen LogP contribution in [0.4, 0.5) is 0 Å². The van der Waals surface area contributed by atoms with Crippen molar-refractivity contribution in [1.82, 2.24) is 37.4 Å². The van der Waals surface area contributed by atoms with E-state index in [9.17, 15) is 38.8 Å². The summed E-state index contributed by atoms with van der Waals surface area (Å²) in [6.45, 7) is 12.9. The highest BCUT2D eigenvalue weighted by atomic mass is 32.2. The zero-order chi connectivity index (χ0) is 45.9. The predicted octanol–water partition coefficient (Wildman–Crippen LogP) is 2.02. The second-order valence-electron chi connectivity index (χ2n) is 15.3. The van der Waals surface area contributed by atoms with Crippen LogP contribution < -0.4 is 42.1 Å². The summed E-state index contributed by atoms with van der Waals surface area (Å²) in [6.07, 6.45) is 1.90. The molecule has 7 amide bonds. The second kappa shape index (κ2) is 30.9. The molecule has 3 rings (SSSR count). The molecule has 350 valence electrons. The van der Waals surface area contributed by atoms with E-state index in [2.05, 4.69) is 31.9 Å². The van der Waals surface area contributed by atoms with Crippen molar-refractivity contribution in [3.05, 3.63) is 29.8 Å². The minimum Gasteiger partial charge on any atom is -0.494 e. The van der Waals surface area contributed by atoms with Gasteiger partial charge < -0.3 is 46.1 Å². The molecule has 0 saturated carbocycles. The summed E-state index contributed by atoms with van der Waals surface area (Å²) in [7, 11) is 0. The first-order valence-corrected chi connectivity index (χ1v) is 23.5. The normalized spacial score (nSPS) is 18.2. The summed E-state index contributed by atoms with van der Waals surface area (Å²) in [5.41, 5.74) is 2.12. The molecule has 62 heavy (non-hydrogen) atoms. The highest BCUT2D eigenvalue weighted by molar-refractivity contribution is 8.00. The standard InChI is InChI=1S/C42H69N7O11S2/c1-7-58-28(5)61-25-38(52)45-23-31(47-39(53)26-62-29(6)59-8-2)14-17-36(50)43-18-10-19-44-37(51)24-46-42(56)35-22-30-12-15-32(16-13-30)60-20-9-11-33(41(55)49-57)34(21-27(3)4)40(54)48-35/h12-13,15-16,27-29,31,33-35,57H,7-11,14,17-26H2,1-6H3,(H,43,50)(H,44,51)(H,45,52)(H,46,56)(H,47,53)(H,48,54)(H,49,55)/t28?,29?,31?,33-,34+,35-/m0/s1. The van der Waals surface area contributed by atoms with E-state index < -0.39 is 47.5 Å². The summed E-state index contributed by atoms with van der Waals surface area (Å²) in [6, 6.07) is 5.54. The smallest absolute Gasteiger partial charge is 0.247 e. The van der Waals surface area contributed by atoms with Crippen LogP contribution in [-0.4, -0.2) is 127 Å². The lowest BCUT2D eigenvalue weighted by Crippen LogP contribution is -2.53. The number of rotatable bonds is 26. The molecule has 0 spiro atoms. The molecule has 0 saturated heterocycles. The molecule has 18 nitrogen and oxygen atoms in total. The van der Waals surface area contributed by atoms with Gasteiger partial charge in [-0.3, -0.25) is 38.8 Å². The summed E-state index contributed by atoms with van der Waals surface area (Å²) < 4.78 is 16.7. The van der Waals surface area contributed by atoms with E-state index >= 15 is 0 Å². The second-order valence-corrected chi connectivity index (χ2v) is 17.8. The molecule has 1 aromatic carbocycles. The number of carbonyl (C=O) groups is 7. The summed E-state index contributed by atoms with van der Waals surface area (Å²) in [5, 5.41) is 26.2. The lowest BCUT2D eigenvalue weighted by atomic mass is 9.81. The Morgan fingerprint density at radius 1 is 0.839 bits per heavy atom. The van der Waals surface area contributed by atoms with E-state index in [0.717, 1.165) is 5.56 Å². The Labute approximate surface area is 374 Å². The number of nitrogens with one attached hydrogen (secondary N) is 7. The molecule has 0 aromatic heterocycles. The maximum atomic E-state index is 13.8. The third kappa shape index (κ3) is 22.8. The SMILES string of the molecule is CCOC(C)SCC(=O)NCC(CCC(=O)NCCCNC(=O)CNC(=O)[C@@H]1Cc2ccc(cc2)OCCC[C@H](C(=O)NO)[C@@H](CC(C)C)C(=O)N1)NC(=O)CSC(C)OCC. The molecule has 2 aliphatic heterocycles. The third-order valence-electron chi connectivity index (χ3n) is 9.67. The lowest BCUT2D eigenvalue weighted by molar-refractivity contribution is -0.142. The molecule has 3 unspecified atom stereocenters. The first kappa shape index (κ1) is 54.0. The van der Waals surface area contributed by atoms with E-state index in [-0.39, 0.29) is 97.9 Å². The van der Waals surface area contributed by atoms with Crippen LogP contribution >= 0.6 is 23.5 Å². The zero-order valence-electron chi connectivity index (χ0n) is 37.0. The molecular weight excluding hydrogens is 843 g/mol. The number of hydroxylamine groups is 1. The number of hydrogen-bond donors (Lipinski definition) is 8. The third-order valence-corrected chi connectivity index (χ3v) is 11.7. The van der Waals surface area contributed by atoms with Crippen molar-refractivity contribution >= 4 is 64.9 Å². The first-order valence-electron chi connectivity index (χ1n) is 21.4. The number of amides is 7. The Morgan fingerprint density at radius 2 is 1.47 bits per heavy atom. The molecule has 0 aliphatic carbocycles. The van der Waals surface area contributed by atoms with Gasteiger partial charge >= 0.3 is 0 Å². The van der Waals surface area contributed by atoms with Gasteiger partial charge in [0, 0.05) is 57.6 Å². The largest absolute Gasteiger partial charge is 0.494 e. The topological polar surface area (TPSA) is 252 Å². The van der Waals surface area contributed by atoms with Gasteiger partial charge in [0.15, 0.2) is 0 Å². The van der Waals surface area contributed by atoms with Gasteiger partial charge in [-0.25, -0.2) is 5.48 Å². The zero-order valence-corrected chi connectivity index (χ0v) is 38.6. The summed E-state index contributed by atoms with van der Waals surface area (Å²) >= 11 is 2.70. The van der Waals surface area contributed by atoms with E-state index in [1.807, 2.05) is 41.5 Å². The van der Waals surface area contributed by atoms with Crippen LogP contribution in [0.1, 0.15) is 85.6 Å². The van der Waals surface area contributed by atoms with Crippen molar-refractivity contribution in [1.29, 1.82) is 0 Å². The predicted molar refractivity (Wildman–Crippen MR) is 238 cm³/mol. The van der Waals surface area contributed by atoms with Gasteiger partial charge in [-0.1, -0.05) is 26.0 Å². The molecule has 2 heterocycles. The van der Waals surface area contributed by atoms with Crippen LogP contribution in [0.2, 0.25) is 0 Å². The number of hydrogen-bond acceptors (Lipinski definition) is 13. The van der Waals surface area contributed by atoms with E-state index in [1.54, 1.807) is 29.7 Å².